The van der Waals surface area contributed by atoms with Crippen LogP contribution in [0.25, 0.3) is 20.4 Å². The number of benzene rings is 6. The lowest BCUT2D eigenvalue weighted by Gasteiger charge is -2.08. The Labute approximate surface area is 502 Å². The number of fused-ring (bicyclic) bond motifs is 2. The third-order valence-corrected chi connectivity index (χ3v) is 17.5. The molecule has 6 aromatic carbocycles. The van der Waals surface area contributed by atoms with Crippen LogP contribution in [0.3, 0.4) is 0 Å². The molecule has 1 aliphatic rings. The van der Waals surface area contributed by atoms with Gasteiger partial charge in [-0.25, -0.2) is 23.2 Å². The number of rotatable bonds is 13. The summed E-state index contributed by atoms with van der Waals surface area (Å²) in [5.41, 5.74) is 7.62. The van der Waals surface area contributed by atoms with Crippen molar-refractivity contribution in [3.63, 3.8) is 0 Å². The first-order valence-electron chi connectivity index (χ1n) is 22.6. The van der Waals surface area contributed by atoms with Gasteiger partial charge in [0, 0.05) is 52.8 Å². The Bertz CT molecular complexity index is 4330. The molecule has 3 heterocycles. The lowest BCUT2D eigenvalue weighted by atomic mass is 10.2. The van der Waals surface area contributed by atoms with E-state index in [2.05, 4.69) is 15.0 Å². The van der Waals surface area contributed by atoms with E-state index in [0.29, 0.717) is 52.9 Å². The van der Waals surface area contributed by atoms with Gasteiger partial charge in [0.1, 0.15) is 33.3 Å². The zero-order valence-electron chi connectivity index (χ0n) is 43.0. The maximum atomic E-state index is 12.7. The molecule has 0 radical (unpaired) electrons. The first-order chi connectivity index (χ1) is 39.3. The highest BCUT2D eigenvalue weighted by atomic mass is 35.7. The van der Waals surface area contributed by atoms with Crippen molar-refractivity contribution in [3.05, 3.63) is 182 Å². The summed E-state index contributed by atoms with van der Waals surface area (Å²) in [4.78, 5) is 62.4. The van der Waals surface area contributed by atoms with E-state index in [4.69, 9.17) is 58.4 Å². The van der Waals surface area contributed by atoms with E-state index in [9.17, 15) is 70.5 Å². The Balaban J connectivity index is 0.000000216. The molecule has 36 heteroatoms. The summed E-state index contributed by atoms with van der Waals surface area (Å²) in [7, 11) is -7.88. The minimum absolute atomic E-state index is 0.0172. The van der Waals surface area contributed by atoms with Crippen LogP contribution in [0.5, 0.6) is 11.5 Å². The Morgan fingerprint density at radius 2 is 1.04 bits per heavy atom. The number of aromatic nitrogens is 2. The maximum Gasteiger partial charge on any atom is 0.346 e. The van der Waals surface area contributed by atoms with Crippen molar-refractivity contribution in [2.45, 2.75) is 48.4 Å². The largest absolute Gasteiger partial charge is 0.480 e. The number of aryl methyl sites for hydroxylation is 4. The molecular formula is C48H38Cl3N9O18S6. The normalized spacial score (nSPS) is 12.7. The highest BCUT2D eigenvalue weighted by Crippen LogP contribution is 2.35. The first kappa shape index (κ1) is 66.6. The van der Waals surface area contributed by atoms with Gasteiger partial charge < -0.3 is 19.2 Å². The third kappa shape index (κ3) is 17.7. The van der Waals surface area contributed by atoms with Crippen molar-refractivity contribution in [1.29, 1.82) is 5.26 Å². The van der Waals surface area contributed by atoms with Gasteiger partial charge in [0.2, 0.25) is 0 Å². The van der Waals surface area contributed by atoms with Gasteiger partial charge >= 0.3 is 26.2 Å². The number of nitrogens with zero attached hydrogens (tertiary/aromatic N) is 8. The van der Waals surface area contributed by atoms with Crippen molar-refractivity contribution in [3.8, 4) is 17.6 Å². The van der Waals surface area contributed by atoms with Gasteiger partial charge in [-0.3, -0.25) is 45.4 Å². The van der Waals surface area contributed by atoms with Gasteiger partial charge in [-0.1, -0.05) is 24.3 Å². The molecule has 0 unspecified atom stereocenters. The molecule has 0 saturated carbocycles. The number of nitrogen functional groups attached to an aromatic ring is 1. The average Bonchev–Trinajstić information content (AvgIpc) is 4.29. The number of nitriles is 1. The Morgan fingerprint density at radius 1 is 0.643 bits per heavy atom. The molecule has 440 valence electrons. The fraction of sp³-hybridized carbons (Fsp3) is 0.146. The van der Waals surface area contributed by atoms with Crippen LogP contribution in [0.15, 0.2) is 129 Å². The van der Waals surface area contributed by atoms with Crippen LogP contribution >= 0.6 is 68.3 Å². The highest BCUT2D eigenvalue weighted by molar-refractivity contribution is 8.15. The van der Waals surface area contributed by atoms with Crippen LogP contribution in [-0.4, -0.2) is 88.2 Å². The summed E-state index contributed by atoms with van der Waals surface area (Å²) in [6, 6.07) is 25.7. The molecule has 0 aliphatic carbocycles. The van der Waals surface area contributed by atoms with Crippen molar-refractivity contribution in [2.24, 2.45) is 4.99 Å². The SMILES string of the molecule is Cc1ccc([N+](=O)[O-])c(N)c1.Cc1ccc([N+](=O)[O-])c(S(=O)(=O)Cl)c1.Cc1ccc([N+](=O)[O-])c(S(=O)(=O)Oc2ccc3nc(C#N)sc3c2)c1.Cc1ccc([N+](=O)[O-])c(S(=O)(=O)Oc2ccc3nc(C4=N[C@@H](C(=O)O)CS4)sc3c2)c1.ClCCl. The minimum Gasteiger partial charge on any atom is -0.480 e. The standard InChI is InChI=1S/C18H13N3O7S3.C15H9N3O5S2.C7H6ClNO4S.C7H8N2O2.CH2Cl2/c1-9-2-5-13(21(24)25)15(6-9)31(26,27)28-10-3-4-11-14(7-10)30-17(19-11)16-20-12(8-29-16)18(22)23;1-9-2-5-12(18(19)20)14(6-9)25(21,22)23-10-3-4-11-13(7-10)24-15(8-16)17-11;1-5-2-3-6(9(10)11)7(4-5)14(8,12)13;1-5-2-3-7(9(10)11)6(8)4-5;2-1-3/h2-7,12H,8H2,1H3,(H,22,23);2-7H,1H3;2-4H,1H3;2-4H,8H2,1H3;1H2/t12-;;;;/m1..../s1. The summed E-state index contributed by atoms with van der Waals surface area (Å²) in [6.45, 7) is 6.69. The van der Waals surface area contributed by atoms with Crippen LogP contribution in [-0.2, 0) is 34.1 Å². The number of anilines is 1. The van der Waals surface area contributed by atoms with Crippen LogP contribution in [0, 0.1) is 79.5 Å². The molecule has 84 heavy (non-hydrogen) atoms. The fourth-order valence-electron chi connectivity index (χ4n) is 6.77. The number of halogens is 3. The molecule has 2 aromatic heterocycles. The predicted molar refractivity (Wildman–Crippen MR) is 315 cm³/mol. The zero-order valence-corrected chi connectivity index (χ0v) is 50.2. The van der Waals surface area contributed by atoms with Gasteiger partial charge in [-0.05, 0) is 98.5 Å². The fourth-order valence-corrected chi connectivity index (χ4v) is 13.1. The van der Waals surface area contributed by atoms with Gasteiger partial charge in [0.25, 0.3) is 31.8 Å². The molecule has 9 rings (SSSR count). The monoisotopic (exact) mass is 1320 g/mol. The number of hydrogen-bond acceptors (Lipinski definition) is 25. The Kier molecular flexibility index (Phi) is 22.5. The van der Waals surface area contributed by atoms with E-state index in [-0.39, 0.29) is 33.2 Å². The molecule has 0 fully saturated rings. The number of aliphatic carboxylic acids is 1. The Morgan fingerprint density at radius 3 is 1.43 bits per heavy atom. The predicted octanol–water partition coefficient (Wildman–Crippen LogP) is 11.1. The summed E-state index contributed by atoms with van der Waals surface area (Å²) in [5, 5.41) is 62.4. The number of carbonyl (C=O) groups is 1. The minimum atomic E-state index is -4.46. The van der Waals surface area contributed by atoms with Gasteiger partial charge in [-0.2, -0.15) is 22.1 Å². The van der Waals surface area contributed by atoms with Crippen LogP contribution in [0.4, 0.5) is 28.4 Å². The Hall–Kier alpha value is -8.20. The molecule has 0 saturated heterocycles. The second-order valence-electron chi connectivity index (χ2n) is 16.6. The second-order valence-corrected chi connectivity index (χ2v) is 26.1. The number of thioether (sulfide) groups is 1. The highest BCUT2D eigenvalue weighted by Gasteiger charge is 2.31. The number of carboxylic acids is 1. The van der Waals surface area contributed by atoms with E-state index in [0.717, 1.165) is 35.1 Å². The maximum absolute atomic E-state index is 12.7. The molecule has 0 amide bonds. The molecular weight excluding hydrogens is 1290 g/mol. The smallest absolute Gasteiger partial charge is 0.346 e. The van der Waals surface area contributed by atoms with Crippen LogP contribution in [0.2, 0.25) is 0 Å². The van der Waals surface area contributed by atoms with E-state index < -0.39 is 92.7 Å². The molecule has 3 N–H and O–H groups in total. The third-order valence-electron chi connectivity index (χ3n) is 10.5. The van der Waals surface area contributed by atoms with E-state index in [1.54, 1.807) is 39.0 Å². The molecule has 0 spiro atoms. The van der Waals surface area contributed by atoms with Crippen molar-refractivity contribution in [2.75, 3.05) is 16.8 Å². The topological polar surface area (TPSA) is 419 Å². The molecule has 8 aromatic rings. The summed E-state index contributed by atoms with van der Waals surface area (Å²) in [6.07, 6.45) is 0. The van der Waals surface area contributed by atoms with Gasteiger partial charge in [0.05, 0.1) is 45.5 Å². The summed E-state index contributed by atoms with van der Waals surface area (Å²) >= 11 is 13.1. The van der Waals surface area contributed by atoms with E-state index >= 15 is 0 Å². The molecule has 0 bridgehead atoms. The van der Waals surface area contributed by atoms with Gasteiger partial charge in [-0.15, -0.1) is 57.6 Å². The van der Waals surface area contributed by atoms with Gasteiger partial charge in [0.15, 0.2) is 25.7 Å². The van der Waals surface area contributed by atoms with Crippen molar-refractivity contribution >= 4 is 157 Å². The van der Waals surface area contributed by atoms with E-state index in [1.807, 2.05) is 13.0 Å². The summed E-state index contributed by atoms with van der Waals surface area (Å²) in [5.74, 6) is -0.725. The van der Waals surface area contributed by atoms with E-state index in [1.165, 1.54) is 95.9 Å². The molecule has 27 nitrogen and oxygen atoms in total. The zero-order chi connectivity index (χ0) is 62.6. The number of nitrogens with two attached hydrogens (primary N) is 1. The first-order valence-corrected chi connectivity index (χ1v) is 31.5. The van der Waals surface area contributed by atoms with Crippen LogP contribution < -0.4 is 14.1 Å². The number of hydrogen-bond donors (Lipinski definition) is 2. The lowest BCUT2D eigenvalue weighted by molar-refractivity contribution is -0.388. The molecule has 1 atom stereocenters. The summed E-state index contributed by atoms with van der Waals surface area (Å²) < 4.78 is 83.7. The number of carboxylic acid groups (broad SMARTS) is 1. The number of alkyl halides is 2. The number of nitro benzene ring substituents is 4. The number of nitro groups is 4. The average molecular weight is 1330 g/mol. The van der Waals surface area contributed by atoms with Crippen molar-refractivity contribution in [1.82, 2.24) is 9.97 Å². The lowest BCUT2D eigenvalue weighted by Crippen LogP contribution is -2.17. The van der Waals surface area contributed by atoms with Crippen molar-refractivity contribution < 1.29 is 63.2 Å². The number of aliphatic imine (C=N–C) groups is 1. The van der Waals surface area contributed by atoms with Crippen LogP contribution in [0.1, 0.15) is 32.3 Å². The second kappa shape index (κ2) is 28.4. The quantitative estimate of drug-likeness (QED) is 0.0270. The number of thiazole rings is 2. The molecule has 1 aliphatic heterocycles.